The molecule has 0 aromatic heterocycles. The zero-order valence-corrected chi connectivity index (χ0v) is 22.4. The molecule has 8 heteroatoms. The van der Waals surface area contributed by atoms with Crippen LogP contribution in [-0.2, 0) is 4.79 Å². The van der Waals surface area contributed by atoms with Crippen LogP contribution < -0.4 is 21.3 Å². The fraction of sp³-hybridized carbons (Fsp3) is 0.258. The summed E-state index contributed by atoms with van der Waals surface area (Å²) in [5.41, 5.74) is 5.14. The van der Waals surface area contributed by atoms with Gasteiger partial charge in [0, 0.05) is 59.8 Å². The highest BCUT2D eigenvalue weighted by atomic mass is 16.2. The van der Waals surface area contributed by atoms with Crippen LogP contribution in [0.25, 0.3) is 11.3 Å². The van der Waals surface area contributed by atoms with E-state index in [1.807, 2.05) is 66.4 Å². The number of nitrogens with zero attached hydrogens (tertiary/aromatic N) is 1. The number of fused-ring (bicyclic) bond motifs is 1. The summed E-state index contributed by atoms with van der Waals surface area (Å²) in [4.78, 5) is 40.6. The monoisotopic (exact) mass is 523 g/mol. The predicted molar refractivity (Wildman–Crippen MR) is 154 cm³/mol. The van der Waals surface area contributed by atoms with Crippen LogP contribution in [0.3, 0.4) is 0 Å². The molecule has 2 aliphatic heterocycles. The van der Waals surface area contributed by atoms with E-state index in [9.17, 15) is 14.4 Å². The summed E-state index contributed by atoms with van der Waals surface area (Å²) in [5.74, 6) is -0.429. The maximum Gasteiger partial charge on any atom is 0.258 e. The van der Waals surface area contributed by atoms with Crippen LogP contribution in [0.2, 0.25) is 0 Å². The van der Waals surface area contributed by atoms with Crippen molar-refractivity contribution in [1.82, 2.24) is 15.5 Å². The molecule has 2 heterocycles. The summed E-state index contributed by atoms with van der Waals surface area (Å²) in [7, 11) is 0. The fourth-order valence-electron chi connectivity index (χ4n) is 5.22. The fourth-order valence-corrected chi connectivity index (χ4v) is 5.22. The van der Waals surface area contributed by atoms with Gasteiger partial charge in [0.15, 0.2) is 0 Å². The van der Waals surface area contributed by atoms with E-state index >= 15 is 0 Å². The summed E-state index contributed by atoms with van der Waals surface area (Å²) in [5, 5.41) is 12.6. The van der Waals surface area contributed by atoms with E-state index in [0.29, 0.717) is 53.3 Å². The minimum atomic E-state index is -0.252. The molecule has 200 valence electrons. The second-order valence-corrected chi connectivity index (χ2v) is 10.1. The number of hydrogen-bond donors (Lipinski definition) is 4. The Balaban J connectivity index is 1.46. The van der Waals surface area contributed by atoms with Crippen LogP contribution in [0.1, 0.15) is 52.6 Å². The number of rotatable bonds is 6. The standard InChI is InChI=1S/C31H33N5O3/c1-4-32-29(37)23-12-15-25-26(16-23)35-30(38)27(25)28(21-8-6-5-7-9-21)34-24-13-10-22(11-14-24)31(39)36-17-19(2)33-20(3)18-36/h5-16,19-20,33-34H,4,17-18H2,1-3H3,(H,32,37)(H,35,38)/t19-,20+. The van der Waals surface area contributed by atoms with Gasteiger partial charge < -0.3 is 26.2 Å². The number of anilines is 2. The molecule has 3 amide bonds. The van der Waals surface area contributed by atoms with Gasteiger partial charge in [-0.1, -0.05) is 36.4 Å². The third-order valence-electron chi connectivity index (χ3n) is 6.92. The van der Waals surface area contributed by atoms with E-state index in [4.69, 9.17) is 0 Å². The van der Waals surface area contributed by atoms with Gasteiger partial charge in [0.05, 0.1) is 11.3 Å². The number of nitrogens with one attached hydrogen (secondary N) is 4. The molecule has 2 atom stereocenters. The average molecular weight is 524 g/mol. The van der Waals surface area contributed by atoms with E-state index in [1.165, 1.54) is 0 Å². The van der Waals surface area contributed by atoms with Crippen LogP contribution in [0.4, 0.5) is 11.4 Å². The SMILES string of the molecule is CCNC(=O)c1ccc2c(c1)NC(=O)C2=C(Nc1ccc(C(=O)N2C[C@@H](C)N[C@@H](C)C2)cc1)c1ccccc1. The Labute approximate surface area is 228 Å². The Bertz CT molecular complexity index is 1420. The van der Waals surface area contributed by atoms with Crippen molar-refractivity contribution in [3.05, 3.63) is 95.1 Å². The van der Waals surface area contributed by atoms with Gasteiger partial charge in [0.2, 0.25) is 0 Å². The lowest BCUT2D eigenvalue weighted by atomic mass is 9.98. The molecule has 8 nitrogen and oxygen atoms in total. The van der Waals surface area contributed by atoms with Gasteiger partial charge in [-0.05, 0) is 62.7 Å². The van der Waals surface area contributed by atoms with Gasteiger partial charge in [0.1, 0.15) is 0 Å². The summed E-state index contributed by atoms with van der Waals surface area (Å²) in [6, 6.07) is 22.7. The first-order valence-corrected chi connectivity index (χ1v) is 13.3. The normalized spacial score (nSPS) is 19.7. The Morgan fingerprint density at radius 1 is 0.897 bits per heavy atom. The quantitative estimate of drug-likeness (QED) is 0.363. The second kappa shape index (κ2) is 11.1. The summed E-state index contributed by atoms with van der Waals surface area (Å²) < 4.78 is 0. The molecule has 3 aromatic rings. The molecule has 1 fully saturated rings. The molecule has 0 bridgehead atoms. The van der Waals surface area contributed by atoms with Crippen LogP contribution >= 0.6 is 0 Å². The van der Waals surface area contributed by atoms with Crippen molar-refractivity contribution >= 4 is 40.4 Å². The van der Waals surface area contributed by atoms with Crippen LogP contribution in [-0.4, -0.2) is 54.3 Å². The highest BCUT2D eigenvalue weighted by molar-refractivity contribution is 6.37. The van der Waals surface area contributed by atoms with Crippen molar-refractivity contribution in [2.45, 2.75) is 32.9 Å². The number of carbonyl (C=O) groups excluding carboxylic acids is 3. The van der Waals surface area contributed by atoms with Gasteiger partial charge in [-0.15, -0.1) is 0 Å². The van der Waals surface area contributed by atoms with Crippen molar-refractivity contribution in [1.29, 1.82) is 0 Å². The largest absolute Gasteiger partial charge is 0.354 e. The molecule has 0 unspecified atom stereocenters. The first-order chi connectivity index (χ1) is 18.8. The zero-order valence-electron chi connectivity index (χ0n) is 22.4. The van der Waals surface area contributed by atoms with Crippen molar-refractivity contribution in [3.63, 3.8) is 0 Å². The Morgan fingerprint density at radius 2 is 1.56 bits per heavy atom. The number of carbonyl (C=O) groups is 3. The highest BCUT2D eigenvalue weighted by Crippen LogP contribution is 2.38. The summed E-state index contributed by atoms with van der Waals surface area (Å²) in [6.07, 6.45) is 0. The Kier molecular flexibility index (Phi) is 7.47. The third-order valence-corrected chi connectivity index (χ3v) is 6.92. The number of benzene rings is 3. The van der Waals surface area contributed by atoms with Crippen LogP contribution in [0.15, 0.2) is 72.8 Å². The molecule has 0 radical (unpaired) electrons. The summed E-state index contributed by atoms with van der Waals surface area (Å²) >= 11 is 0. The van der Waals surface area contributed by atoms with Crippen LogP contribution in [0.5, 0.6) is 0 Å². The lowest BCUT2D eigenvalue weighted by Crippen LogP contribution is -2.55. The molecule has 39 heavy (non-hydrogen) atoms. The van der Waals surface area contributed by atoms with E-state index in [0.717, 1.165) is 11.3 Å². The maximum atomic E-state index is 13.2. The van der Waals surface area contributed by atoms with Crippen molar-refractivity contribution in [3.8, 4) is 0 Å². The molecular formula is C31H33N5O3. The van der Waals surface area contributed by atoms with Crippen molar-refractivity contribution in [2.75, 3.05) is 30.3 Å². The molecule has 5 rings (SSSR count). The van der Waals surface area contributed by atoms with E-state index < -0.39 is 0 Å². The topological polar surface area (TPSA) is 103 Å². The molecule has 0 aliphatic carbocycles. The smallest absolute Gasteiger partial charge is 0.258 e. The van der Waals surface area contributed by atoms with Gasteiger partial charge in [-0.3, -0.25) is 14.4 Å². The average Bonchev–Trinajstić information content (AvgIpc) is 3.26. The molecule has 1 saturated heterocycles. The molecule has 0 saturated carbocycles. The highest BCUT2D eigenvalue weighted by Gasteiger charge is 2.30. The second-order valence-electron chi connectivity index (χ2n) is 10.1. The Hall–Kier alpha value is -4.43. The molecule has 0 spiro atoms. The number of piperazine rings is 1. The van der Waals surface area contributed by atoms with Gasteiger partial charge in [0.25, 0.3) is 17.7 Å². The first kappa shape index (κ1) is 26.2. The molecule has 2 aliphatic rings. The van der Waals surface area contributed by atoms with Gasteiger partial charge >= 0.3 is 0 Å². The molecular weight excluding hydrogens is 490 g/mol. The third kappa shape index (κ3) is 5.56. The molecule has 4 N–H and O–H groups in total. The van der Waals surface area contributed by atoms with Crippen molar-refractivity contribution in [2.24, 2.45) is 0 Å². The van der Waals surface area contributed by atoms with E-state index in [1.54, 1.807) is 18.2 Å². The van der Waals surface area contributed by atoms with Crippen molar-refractivity contribution < 1.29 is 14.4 Å². The maximum absolute atomic E-state index is 13.2. The lowest BCUT2D eigenvalue weighted by molar-refractivity contribution is -0.110. The zero-order chi connectivity index (χ0) is 27.5. The van der Waals surface area contributed by atoms with Crippen LogP contribution in [0, 0.1) is 0 Å². The number of amides is 3. The Morgan fingerprint density at radius 3 is 2.23 bits per heavy atom. The van der Waals surface area contributed by atoms with Gasteiger partial charge in [-0.2, -0.15) is 0 Å². The minimum absolute atomic E-state index is 0.00963. The van der Waals surface area contributed by atoms with E-state index in [-0.39, 0.29) is 29.8 Å². The minimum Gasteiger partial charge on any atom is -0.354 e. The summed E-state index contributed by atoms with van der Waals surface area (Å²) in [6.45, 7) is 7.89. The molecule has 3 aromatic carbocycles. The lowest BCUT2D eigenvalue weighted by Gasteiger charge is -2.36. The number of hydrogen-bond acceptors (Lipinski definition) is 5. The van der Waals surface area contributed by atoms with E-state index in [2.05, 4.69) is 35.1 Å². The predicted octanol–water partition coefficient (Wildman–Crippen LogP) is 4.19. The van der Waals surface area contributed by atoms with Gasteiger partial charge in [-0.25, -0.2) is 0 Å². The first-order valence-electron chi connectivity index (χ1n) is 13.3.